The molecule has 0 fully saturated rings. The van der Waals surface area contributed by atoms with Crippen LogP contribution in [0.5, 0.6) is 0 Å². The largest absolute Gasteiger partial charge is 0.480 e. The van der Waals surface area contributed by atoms with Gasteiger partial charge >= 0.3 is 12.0 Å². The molecule has 0 bridgehead atoms. The molecule has 1 unspecified atom stereocenters. The van der Waals surface area contributed by atoms with E-state index in [4.69, 9.17) is 11.5 Å². The van der Waals surface area contributed by atoms with E-state index in [9.17, 15) is 9.59 Å². The standard InChI is InChI=1S/C11H14N4O3/c1-2-3-4-13-11(18)15-9(10(16)17)5-8-6-12-7-14-8/h1,6-7,9H,3-5H2,(H,12,14)(H,16,17)(H2,13,15,18). The Kier molecular flexibility index (Phi) is 5.25. The summed E-state index contributed by atoms with van der Waals surface area (Å²) >= 11 is 0. The van der Waals surface area contributed by atoms with Gasteiger partial charge in [0.1, 0.15) is 6.04 Å². The van der Waals surface area contributed by atoms with Gasteiger partial charge in [-0.25, -0.2) is 14.6 Å². The highest BCUT2D eigenvalue weighted by molar-refractivity contribution is 5.82. The number of terminal acetylenes is 1. The van der Waals surface area contributed by atoms with Gasteiger partial charge in [0, 0.05) is 31.3 Å². The number of hydrogen-bond acceptors (Lipinski definition) is 3. The quantitative estimate of drug-likeness (QED) is 0.411. The number of imidazole rings is 1. The molecule has 0 aromatic carbocycles. The van der Waals surface area contributed by atoms with Crippen LogP contribution in [0.1, 0.15) is 12.1 Å². The highest BCUT2D eigenvalue weighted by Crippen LogP contribution is 1.98. The van der Waals surface area contributed by atoms with E-state index in [1.54, 1.807) is 0 Å². The van der Waals surface area contributed by atoms with Crippen LogP contribution in [0.25, 0.3) is 0 Å². The van der Waals surface area contributed by atoms with Crippen molar-refractivity contribution in [3.05, 3.63) is 18.2 Å². The van der Waals surface area contributed by atoms with Gasteiger partial charge in [0.05, 0.1) is 6.33 Å². The maximum Gasteiger partial charge on any atom is 0.326 e. The molecule has 1 rings (SSSR count). The van der Waals surface area contributed by atoms with E-state index < -0.39 is 18.0 Å². The van der Waals surface area contributed by atoms with Gasteiger partial charge in [-0.1, -0.05) is 0 Å². The maximum atomic E-state index is 11.4. The first kappa shape index (κ1) is 13.6. The van der Waals surface area contributed by atoms with Gasteiger partial charge in [-0.2, -0.15) is 0 Å². The van der Waals surface area contributed by atoms with Crippen LogP contribution in [0.4, 0.5) is 4.79 Å². The summed E-state index contributed by atoms with van der Waals surface area (Å²) in [5.74, 6) is 1.25. The summed E-state index contributed by atoms with van der Waals surface area (Å²) in [7, 11) is 0. The van der Waals surface area contributed by atoms with Crippen molar-refractivity contribution in [2.75, 3.05) is 6.54 Å². The number of aromatic nitrogens is 2. The summed E-state index contributed by atoms with van der Waals surface area (Å²) in [6, 6.07) is -1.58. The number of nitrogens with zero attached hydrogens (tertiary/aromatic N) is 1. The molecule has 0 aliphatic rings. The molecule has 7 nitrogen and oxygen atoms in total. The predicted molar refractivity (Wildman–Crippen MR) is 63.7 cm³/mol. The lowest BCUT2D eigenvalue weighted by molar-refractivity contribution is -0.139. The fourth-order valence-corrected chi connectivity index (χ4v) is 1.27. The zero-order valence-electron chi connectivity index (χ0n) is 9.64. The van der Waals surface area contributed by atoms with E-state index in [-0.39, 0.29) is 6.42 Å². The van der Waals surface area contributed by atoms with Crippen molar-refractivity contribution in [2.45, 2.75) is 18.9 Å². The van der Waals surface area contributed by atoms with Gasteiger partial charge in [0.25, 0.3) is 0 Å². The third kappa shape index (κ3) is 4.57. The number of urea groups is 1. The highest BCUT2D eigenvalue weighted by Gasteiger charge is 2.20. The van der Waals surface area contributed by atoms with Crippen molar-refractivity contribution in [1.29, 1.82) is 0 Å². The summed E-state index contributed by atoms with van der Waals surface area (Å²) in [4.78, 5) is 28.9. The molecule has 0 radical (unpaired) electrons. The van der Waals surface area contributed by atoms with E-state index in [0.717, 1.165) is 0 Å². The van der Waals surface area contributed by atoms with Gasteiger partial charge in [-0.05, 0) is 0 Å². The van der Waals surface area contributed by atoms with Crippen LogP contribution in [0.15, 0.2) is 12.5 Å². The molecule has 0 aliphatic carbocycles. The molecule has 1 atom stereocenters. The lowest BCUT2D eigenvalue weighted by Gasteiger charge is -2.13. The van der Waals surface area contributed by atoms with Crippen LogP contribution >= 0.6 is 0 Å². The zero-order valence-corrected chi connectivity index (χ0v) is 9.64. The molecule has 0 aliphatic heterocycles. The third-order valence-electron chi connectivity index (χ3n) is 2.14. The van der Waals surface area contributed by atoms with Gasteiger partial charge in [-0.3, -0.25) is 0 Å². The van der Waals surface area contributed by atoms with E-state index in [0.29, 0.717) is 18.7 Å². The first-order valence-electron chi connectivity index (χ1n) is 5.31. The molecule has 1 aromatic rings. The van der Waals surface area contributed by atoms with E-state index in [2.05, 4.69) is 26.5 Å². The number of carboxylic acid groups (broad SMARTS) is 1. The number of nitrogens with one attached hydrogen (secondary N) is 3. The second-order valence-electron chi connectivity index (χ2n) is 3.53. The van der Waals surface area contributed by atoms with Crippen LogP contribution in [0.2, 0.25) is 0 Å². The Labute approximate surface area is 104 Å². The fourth-order valence-electron chi connectivity index (χ4n) is 1.27. The Morgan fingerprint density at radius 1 is 1.61 bits per heavy atom. The Hall–Kier alpha value is -2.49. The van der Waals surface area contributed by atoms with Crippen molar-refractivity contribution in [3.8, 4) is 12.3 Å². The minimum absolute atomic E-state index is 0.137. The Morgan fingerprint density at radius 2 is 2.39 bits per heavy atom. The summed E-state index contributed by atoms with van der Waals surface area (Å²) in [5, 5.41) is 13.8. The number of aliphatic carboxylic acids is 1. The number of rotatable bonds is 6. The van der Waals surface area contributed by atoms with E-state index >= 15 is 0 Å². The predicted octanol–water partition coefficient (Wildman–Crippen LogP) is -0.272. The van der Waals surface area contributed by atoms with Gasteiger partial charge in [-0.15, -0.1) is 12.3 Å². The fraction of sp³-hybridized carbons (Fsp3) is 0.364. The first-order valence-corrected chi connectivity index (χ1v) is 5.31. The first-order chi connectivity index (χ1) is 8.63. The van der Waals surface area contributed by atoms with Crippen molar-refractivity contribution >= 4 is 12.0 Å². The number of carboxylic acids is 1. The second-order valence-corrected chi connectivity index (χ2v) is 3.53. The SMILES string of the molecule is C#CCCNC(=O)NC(Cc1cnc[nH]1)C(=O)O. The zero-order chi connectivity index (χ0) is 13.4. The molecular formula is C11H14N4O3. The van der Waals surface area contributed by atoms with Crippen LogP contribution in [-0.2, 0) is 11.2 Å². The van der Waals surface area contributed by atoms with Gasteiger partial charge in [0.2, 0.25) is 0 Å². The normalized spacial score (nSPS) is 11.3. The third-order valence-corrected chi connectivity index (χ3v) is 2.14. The molecule has 2 amide bonds. The number of carbonyl (C=O) groups is 2. The maximum absolute atomic E-state index is 11.4. The average Bonchev–Trinajstić information content (AvgIpc) is 2.81. The molecule has 4 N–H and O–H groups in total. The summed E-state index contributed by atoms with van der Waals surface area (Å²) in [5.41, 5.74) is 0.631. The Balaban J connectivity index is 2.45. The minimum Gasteiger partial charge on any atom is -0.480 e. The van der Waals surface area contributed by atoms with Crippen molar-refractivity contribution in [2.24, 2.45) is 0 Å². The Bertz CT molecular complexity index is 436. The molecule has 0 saturated carbocycles. The number of carbonyl (C=O) groups excluding carboxylic acids is 1. The lowest BCUT2D eigenvalue weighted by Crippen LogP contribution is -2.47. The lowest BCUT2D eigenvalue weighted by atomic mass is 10.2. The van der Waals surface area contributed by atoms with Gasteiger partial charge < -0.3 is 20.7 Å². The highest BCUT2D eigenvalue weighted by atomic mass is 16.4. The minimum atomic E-state index is -1.11. The van der Waals surface area contributed by atoms with Crippen molar-refractivity contribution < 1.29 is 14.7 Å². The molecule has 1 heterocycles. The van der Waals surface area contributed by atoms with Crippen LogP contribution in [0, 0.1) is 12.3 Å². The molecule has 18 heavy (non-hydrogen) atoms. The summed E-state index contributed by atoms with van der Waals surface area (Å²) in [6.45, 7) is 0.304. The van der Waals surface area contributed by atoms with Crippen molar-refractivity contribution in [3.63, 3.8) is 0 Å². The second kappa shape index (κ2) is 6.96. The molecule has 96 valence electrons. The number of hydrogen-bond donors (Lipinski definition) is 4. The van der Waals surface area contributed by atoms with Crippen LogP contribution in [0.3, 0.4) is 0 Å². The molecule has 1 aromatic heterocycles. The van der Waals surface area contributed by atoms with Gasteiger partial charge in [0.15, 0.2) is 0 Å². The Morgan fingerprint density at radius 3 is 2.94 bits per heavy atom. The van der Waals surface area contributed by atoms with Crippen molar-refractivity contribution in [1.82, 2.24) is 20.6 Å². The number of aromatic amines is 1. The molecule has 0 spiro atoms. The van der Waals surface area contributed by atoms with E-state index in [1.807, 2.05) is 0 Å². The van der Waals surface area contributed by atoms with Crippen LogP contribution < -0.4 is 10.6 Å². The number of H-pyrrole nitrogens is 1. The average molecular weight is 250 g/mol. The smallest absolute Gasteiger partial charge is 0.326 e. The molecule has 7 heteroatoms. The summed E-state index contributed by atoms with van der Waals surface area (Å²) in [6.07, 6.45) is 8.51. The number of amides is 2. The topological polar surface area (TPSA) is 107 Å². The molecular weight excluding hydrogens is 236 g/mol. The van der Waals surface area contributed by atoms with Crippen LogP contribution in [-0.4, -0.2) is 39.7 Å². The molecule has 0 saturated heterocycles. The summed E-state index contributed by atoms with van der Waals surface area (Å²) < 4.78 is 0. The monoisotopic (exact) mass is 250 g/mol. The van der Waals surface area contributed by atoms with E-state index in [1.165, 1.54) is 12.5 Å².